The Morgan fingerprint density at radius 1 is 1.26 bits per heavy atom. The number of cyclic esters (lactones) is 1. The summed E-state index contributed by atoms with van der Waals surface area (Å²) >= 11 is 0. The Labute approximate surface area is 178 Å². The zero-order valence-electron chi connectivity index (χ0n) is 17.2. The lowest BCUT2D eigenvalue weighted by Crippen LogP contribution is -2.25. The molecule has 1 aliphatic heterocycles. The summed E-state index contributed by atoms with van der Waals surface area (Å²) in [5.41, 5.74) is 9.57. The van der Waals surface area contributed by atoms with Crippen LogP contribution in [-0.4, -0.2) is 45.7 Å². The van der Waals surface area contributed by atoms with Crippen LogP contribution in [0.1, 0.15) is 33.7 Å². The molecule has 2 aromatic heterocycles. The SMILES string of the molecule is Cc1nc2c(C(N)=O)cnn2c(C)c1CCC(=O)Nc1ccccc1N1CCOC1=O. The molecule has 1 aliphatic rings. The molecule has 1 fully saturated rings. The van der Waals surface area contributed by atoms with E-state index < -0.39 is 12.0 Å². The topological polar surface area (TPSA) is 132 Å². The van der Waals surface area contributed by atoms with Crippen molar-refractivity contribution in [3.63, 3.8) is 0 Å². The van der Waals surface area contributed by atoms with Gasteiger partial charge < -0.3 is 15.8 Å². The predicted molar refractivity (Wildman–Crippen MR) is 113 cm³/mol. The van der Waals surface area contributed by atoms with Gasteiger partial charge in [-0.3, -0.25) is 14.5 Å². The fourth-order valence-corrected chi connectivity index (χ4v) is 3.72. The Morgan fingerprint density at radius 2 is 2.03 bits per heavy atom. The van der Waals surface area contributed by atoms with Crippen molar-refractivity contribution in [3.8, 4) is 0 Å². The molecule has 10 heteroatoms. The van der Waals surface area contributed by atoms with E-state index in [9.17, 15) is 14.4 Å². The third kappa shape index (κ3) is 3.79. The second-order valence-electron chi connectivity index (χ2n) is 7.25. The number of para-hydroxylation sites is 2. The van der Waals surface area contributed by atoms with Gasteiger partial charge in [-0.25, -0.2) is 14.3 Å². The van der Waals surface area contributed by atoms with Crippen molar-refractivity contribution >= 4 is 34.9 Å². The minimum atomic E-state index is -0.589. The van der Waals surface area contributed by atoms with E-state index in [-0.39, 0.29) is 17.9 Å². The molecule has 0 saturated carbocycles. The maximum Gasteiger partial charge on any atom is 0.414 e. The van der Waals surface area contributed by atoms with Crippen molar-refractivity contribution in [2.45, 2.75) is 26.7 Å². The third-order valence-electron chi connectivity index (χ3n) is 5.31. The summed E-state index contributed by atoms with van der Waals surface area (Å²) in [6, 6.07) is 7.11. The Morgan fingerprint density at radius 3 is 2.74 bits per heavy atom. The first-order chi connectivity index (χ1) is 14.9. The highest BCUT2D eigenvalue weighted by Gasteiger charge is 2.26. The van der Waals surface area contributed by atoms with E-state index in [1.54, 1.807) is 28.8 Å². The van der Waals surface area contributed by atoms with Gasteiger partial charge in [0.25, 0.3) is 5.91 Å². The second kappa shape index (κ2) is 8.05. The van der Waals surface area contributed by atoms with Crippen LogP contribution in [0.3, 0.4) is 0 Å². The molecule has 3 amide bonds. The highest BCUT2D eigenvalue weighted by Crippen LogP contribution is 2.28. The second-order valence-corrected chi connectivity index (χ2v) is 7.25. The number of rotatable bonds is 6. The number of benzene rings is 1. The molecule has 0 bridgehead atoms. The number of fused-ring (bicyclic) bond motifs is 1. The minimum absolute atomic E-state index is 0.197. The van der Waals surface area contributed by atoms with Crippen molar-refractivity contribution in [2.75, 3.05) is 23.4 Å². The van der Waals surface area contributed by atoms with E-state index in [0.29, 0.717) is 42.3 Å². The number of nitrogens with one attached hydrogen (secondary N) is 1. The van der Waals surface area contributed by atoms with Crippen molar-refractivity contribution in [3.05, 3.63) is 53.0 Å². The summed E-state index contributed by atoms with van der Waals surface area (Å²) in [6.07, 6.45) is 1.61. The number of hydrogen-bond donors (Lipinski definition) is 2. The summed E-state index contributed by atoms with van der Waals surface area (Å²) < 4.78 is 6.56. The van der Waals surface area contributed by atoms with E-state index in [0.717, 1.165) is 11.3 Å². The van der Waals surface area contributed by atoms with Gasteiger partial charge in [-0.2, -0.15) is 5.10 Å². The van der Waals surface area contributed by atoms with Gasteiger partial charge >= 0.3 is 6.09 Å². The average molecular weight is 422 g/mol. The van der Waals surface area contributed by atoms with Gasteiger partial charge in [0.05, 0.1) is 24.1 Å². The van der Waals surface area contributed by atoms with Crippen LogP contribution >= 0.6 is 0 Å². The van der Waals surface area contributed by atoms with Gasteiger partial charge in [0, 0.05) is 17.8 Å². The number of aryl methyl sites for hydroxylation is 2. The van der Waals surface area contributed by atoms with Gasteiger partial charge in [-0.1, -0.05) is 12.1 Å². The largest absolute Gasteiger partial charge is 0.447 e. The summed E-state index contributed by atoms with van der Waals surface area (Å²) in [7, 11) is 0. The summed E-state index contributed by atoms with van der Waals surface area (Å²) in [6.45, 7) is 4.44. The minimum Gasteiger partial charge on any atom is -0.447 e. The van der Waals surface area contributed by atoms with Crippen molar-refractivity contribution in [1.29, 1.82) is 0 Å². The Hall–Kier alpha value is -3.95. The molecule has 3 aromatic rings. The predicted octanol–water partition coefficient (Wildman–Crippen LogP) is 1.97. The fourth-order valence-electron chi connectivity index (χ4n) is 3.72. The number of primary amides is 1. The first-order valence-corrected chi connectivity index (χ1v) is 9.83. The lowest BCUT2D eigenvalue weighted by molar-refractivity contribution is -0.116. The normalized spacial score (nSPS) is 13.5. The number of nitrogens with zero attached hydrogens (tertiary/aromatic N) is 4. The van der Waals surface area contributed by atoms with Gasteiger partial charge in [-0.05, 0) is 38.0 Å². The number of amides is 3. The summed E-state index contributed by atoms with van der Waals surface area (Å²) in [5, 5.41) is 7.08. The highest BCUT2D eigenvalue weighted by atomic mass is 16.6. The number of aromatic nitrogens is 3. The summed E-state index contributed by atoms with van der Waals surface area (Å²) in [4.78, 5) is 42.1. The van der Waals surface area contributed by atoms with E-state index in [2.05, 4.69) is 15.4 Å². The number of ether oxygens (including phenoxy) is 1. The third-order valence-corrected chi connectivity index (χ3v) is 5.31. The zero-order chi connectivity index (χ0) is 22.1. The van der Waals surface area contributed by atoms with Crippen molar-refractivity contribution < 1.29 is 19.1 Å². The fraction of sp³-hybridized carbons (Fsp3) is 0.286. The molecule has 4 rings (SSSR count). The van der Waals surface area contributed by atoms with Crippen LogP contribution in [0.25, 0.3) is 5.65 Å². The van der Waals surface area contributed by atoms with Crippen LogP contribution in [0.5, 0.6) is 0 Å². The van der Waals surface area contributed by atoms with Crippen LogP contribution in [0.15, 0.2) is 30.5 Å². The van der Waals surface area contributed by atoms with E-state index >= 15 is 0 Å². The van der Waals surface area contributed by atoms with Gasteiger partial charge in [0.2, 0.25) is 5.91 Å². The molecule has 3 heterocycles. The highest BCUT2D eigenvalue weighted by molar-refractivity contribution is 6.00. The monoisotopic (exact) mass is 422 g/mol. The van der Waals surface area contributed by atoms with Crippen LogP contribution in [-0.2, 0) is 16.0 Å². The first kappa shape index (κ1) is 20.3. The molecule has 0 unspecified atom stereocenters. The molecular weight excluding hydrogens is 400 g/mol. The van der Waals surface area contributed by atoms with Crippen molar-refractivity contribution in [2.24, 2.45) is 5.73 Å². The van der Waals surface area contributed by atoms with Crippen LogP contribution in [0.2, 0.25) is 0 Å². The zero-order valence-corrected chi connectivity index (χ0v) is 17.2. The molecule has 0 spiro atoms. The molecule has 1 aromatic carbocycles. The van der Waals surface area contributed by atoms with Crippen LogP contribution in [0, 0.1) is 13.8 Å². The van der Waals surface area contributed by atoms with E-state index in [1.807, 2.05) is 13.8 Å². The Bertz CT molecular complexity index is 1200. The van der Waals surface area contributed by atoms with Gasteiger partial charge in [-0.15, -0.1) is 0 Å². The molecule has 10 nitrogen and oxygen atoms in total. The first-order valence-electron chi connectivity index (χ1n) is 9.83. The standard InChI is InChI=1S/C21H22N6O4/c1-12-14(13(2)27-20(24-12)15(11-23-27)19(22)29)7-8-18(28)25-16-5-3-4-6-17(16)26-9-10-31-21(26)30/h3-6,11H,7-10H2,1-2H3,(H2,22,29)(H,25,28). The van der Waals surface area contributed by atoms with Crippen molar-refractivity contribution in [1.82, 2.24) is 14.6 Å². The number of hydrogen-bond acceptors (Lipinski definition) is 6. The summed E-state index contributed by atoms with van der Waals surface area (Å²) in [5.74, 6) is -0.786. The average Bonchev–Trinajstić information content (AvgIpc) is 3.34. The van der Waals surface area contributed by atoms with Crippen LogP contribution in [0.4, 0.5) is 16.2 Å². The quantitative estimate of drug-likeness (QED) is 0.624. The molecule has 0 aliphatic carbocycles. The van der Waals surface area contributed by atoms with Gasteiger partial charge in [0.1, 0.15) is 12.2 Å². The lowest BCUT2D eigenvalue weighted by atomic mass is 10.1. The smallest absolute Gasteiger partial charge is 0.414 e. The molecule has 0 radical (unpaired) electrons. The molecule has 31 heavy (non-hydrogen) atoms. The van der Waals surface area contributed by atoms with Crippen LogP contribution < -0.4 is 16.0 Å². The number of anilines is 2. The number of carbonyl (C=O) groups is 3. The lowest BCUT2D eigenvalue weighted by Gasteiger charge is -2.18. The van der Waals surface area contributed by atoms with Gasteiger partial charge in [0.15, 0.2) is 5.65 Å². The Kier molecular flexibility index (Phi) is 5.28. The molecule has 160 valence electrons. The van der Waals surface area contributed by atoms with E-state index in [1.165, 1.54) is 11.1 Å². The molecule has 3 N–H and O–H groups in total. The maximum atomic E-state index is 12.7. The molecular formula is C21H22N6O4. The van der Waals surface area contributed by atoms with E-state index in [4.69, 9.17) is 10.5 Å². The number of nitrogens with two attached hydrogens (primary N) is 1. The molecule has 0 atom stereocenters. The molecule has 1 saturated heterocycles. The Balaban J connectivity index is 1.51. The number of carbonyl (C=O) groups excluding carboxylic acids is 3. The maximum absolute atomic E-state index is 12.7.